The lowest BCUT2D eigenvalue weighted by Gasteiger charge is -2.00. The molecule has 0 atom stereocenters. The Morgan fingerprint density at radius 2 is 1.96 bits per heavy atom. The Balaban J connectivity index is 1.83. The molecule has 1 aromatic carbocycles. The third-order valence-corrected chi connectivity index (χ3v) is 4.14. The molecule has 2 aromatic heterocycles. The fourth-order valence-corrected chi connectivity index (χ4v) is 2.79. The van der Waals surface area contributed by atoms with Crippen molar-refractivity contribution in [1.29, 1.82) is 0 Å². The van der Waals surface area contributed by atoms with Gasteiger partial charge in [0.05, 0.1) is 32.3 Å². The molecule has 3 rings (SSSR count). The summed E-state index contributed by atoms with van der Waals surface area (Å²) in [7, 11) is 2.74. The van der Waals surface area contributed by atoms with E-state index in [0.717, 1.165) is 17.0 Å². The number of carbonyl (C=O) groups excluding carboxylic acids is 2. The van der Waals surface area contributed by atoms with Gasteiger partial charge in [-0.25, -0.2) is 14.5 Å². The number of hydrogen-bond donors (Lipinski definition) is 1. The number of methoxy groups -OCH3 is 2. The van der Waals surface area contributed by atoms with Crippen LogP contribution in [0.1, 0.15) is 20.2 Å². The lowest BCUT2D eigenvalue weighted by atomic mass is 10.3. The number of esters is 1. The van der Waals surface area contributed by atoms with Crippen molar-refractivity contribution < 1.29 is 19.1 Å². The van der Waals surface area contributed by atoms with Crippen molar-refractivity contribution in [3.8, 4) is 11.4 Å². The molecule has 0 unspecified atom stereocenters. The smallest absolute Gasteiger partial charge is 0.349 e. The van der Waals surface area contributed by atoms with Crippen LogP contribution in [0.25, 0.3) is 5.69 Å². The number of hydrogen-bond acceptors (Lipinski definition) is 7. The van der Waals surface area contributed by atoms with Crippen LogP contribution < -0.4 is 10.1 Å². The second-order valence-corrected chi connectivity index (χ2v) is 5.83. The normalized spacial score (nSPS) is 10.3. The van der Waals surface area contributed by atoms with Gasteiger partial charge in [0.1, 0.15) is 4.88 Å². The van der Waals surface area contributed by atoms with Gasteiger partial charge in [0.15, 0.2) is 16.6 Å². The SMILES string of the molecule is COC(=O)c1cnc(NC(=O)c2nn(-c3ccccc3)cc2OC)s1. The van der Waals surface area contributed by atoms with E-state index in [0.29, 0.717) is 10.6 Å². The van der Waals surface area contributed by atoms with E-state index in [4.69, 9.17) is 4.74 Å². The highest BCUT2D eigenvalue weighted by Gasteiger charge is 2.20. The number of para-hydroxylation sites is 1. The lowest BCUT2D eigenvalue weighted by molar-refractivity contribution is 0.0606. The molecule has 0 spiro atoms. The van der Waals surface area contributed by atoms with Crippen molar-refractivity contribution in [2.24, 2.45) is 0 Å². The lowest BCUT2D eigenvalue weighted by Crippen LogP contribution is -2.14. The molecule has 128 valence electrons. The average Bonchev–Trinajstić information content (AvgIpc) is 3.28. The molecule has 0 bridgehead atoms. The molecule has 0 saturated carbocycles. The van der Waals surface area contributed by atoms with Gasteiger partial charge >= 0.3 is 5.97 Å². The standard InChI is InChI=1S/C16H14N4O4S/c1-23-11-9-20(10-6-4-3-5-7-10)19-13(11)14(21)18-16-17-8-12(25-16)15(22)24-2/h3-9H,1-2H3,(H,17,18,21). The van der Waals surface area contributed by atoms with Gasteiger partial charge < -0.3 is 9.47 Å². The molecule has 8 nitrogen and oxygen atoms in total. The Bertz CT molecular complexity index is 904. The predicted octanol–water partition coefficient (Wildman–Crippen LogP) is 2.38. The van der Waals surface area contributed by atoms with Gasteiger partial charge in [-0.2, -0.15) is 5.10 Å². The summed E-state index contributed by atoms with van der Waals surface area (Å²) in [4.78, 5) is 28.2. The third kappa shape index (κ3) is 3.50. The monoisotopic (exact) mass is 358 g/mol. The number of amides is 1. The van der Waals surface area contributed by atoms with Gasteiger partial charge in [-0.1, -0.05) is 29.5 Å². The minimum absolute atomic E-state index is 0.112. The first-order chi connectivity index (χ1) is 12.1. The Morgan fingerprint density at radius 1 is 1.20 bits per heavy atom. The highest BCUT2D eigenvalue weighted by molar-refractivity contribution is 7.17. The molecule has 0 aliphatic heterocycles. The number of rotatable bonds is 5. The number of anilines is 1. The van der Waals surface area contributed by atoms with Crippen LogP contribution in [0.2, 0.25) is 0 Å². The van der Waals surface area contributed by atoms with Gasteiger partial charge in [0.25, 0.3) is 5.91 Å². The minimum Gasteiger partial charge on any atom is -0.493 e. The number of nitrogens with one attached hydrogen (secondary N) is 1. The van der Waals surface area contributed by atoms with Crippen molar-refractivity contribution >= 4 is 28.3 Å². The first-order valence-electron chi connectivity index (χ1n) is 7.17. The molecule has 1 N–H and O–H groups in total. The number of ether oxygens (including phenoxy) is 2. The maximum atomic E-state index is 12.5. The van der Waals surface area contributed by atoms with Crippen molar-refractivity contribution in [2.75, 3.05) is 19.5 Å². The fourth-order valence-electron chi connectivity index (χ4n) is 2.06. The summed E-state index contributed by atoms with van der Waals surface area (Å²) in [6.07, 6.45) is 2.96. The van der Waals surface area contributed by atoms with E-state index in [-0.39, 0.29) is 10.8 Å². The number of carbonyl (C=O) groups is 2. The molecule has 0 fully saturated rings. The van der Waals surface area contributed by atoms with E-state index in [2.05, 4.69) is 20.1 Å². The fraction of sp³-hybridized carbons (Fsp3) is 0.125. The maximum absolute atomic E-state index is 12.5. The molecule has 2 heterocycles. The topological polar surface area (TPSA) is 95.3 Å². The van der Waals surface area contributed by atoms with E-state index >= 15 is 0 Å². The van der Waals surface area contributed by atoms with Crippen molar-refractivity contribution in [2.45, 2.75) is 0 Å². The number of thiazole rings is 1. The van der Waals surface area contributed by atoms with Crippen LogP contribution in [0.4, 0.5) is 5.13 Å². The van der Waals surface area contributed by atoms with Crippen LogP contribution in [0.5, 0.6) is 5.75 Å². The summed E-state index contributed by atoms with van der Waals surface area (Å²) >= 11 is 1.01. The van der Waals surface area contributed by atoms with Crippen LogP contribution in [0.3, 0.4) is 0 Å². The van der Waals surface area contributed by atoms with E-state index in [1.54, 1.807) is 10.9 Å². The zero-order chi connectivity index (χ0) is 17.8. The van der Waals surface area contributed by atoms with Gasteiger partial charge in [-0.15, -0.1) is 0 Å². The summed E-state index contributed by atoms with van der Waals surface area (Å²) in [5.41, 5.74) is 0.906. The Kier molecular flexibility index (Phi) is 4.75. The first kappa shape index (κ1) is 16.7. The highest BCUT2D eigenvalue weighted by Crippen LogP contribution is 2.23. The second-order valence-electron chi connectivity index (χ2n) is 4.80. The molecule has 1 amide bonds. The maximum Gasteiger partial charge on any atom is 0.349 e. The summed E-state index contributed by atoms with van der Waals surface area (Å²) < 4.78 is 11.4. The van der Waals surface area contributed by atoms with Crippen LogP contribution >= 0.6 is 11.3 Å². The number of benzene rings is 1. The zero-order valence-corrected chi connectivity index (χ0v) is 14.2. The van der Waals surface area contributed by atoms with Crippen molar-refractivity contribution in [3.63, 3.8) is 0 Å². The molecule has 0 radical (unpaired) electrons. The molecular weight excluding hydrogens is 344 g/mol. The Hall–Kier alpha value is -3.20. The minimum atomic E-state index is -0.510. The number of nitrogens with zero attached hydrogens (tertiary/aromatic N) is 3. The molecule has 3 aromatic rings. The molecule has 0 aliphatic carbocycles. The molecule has 25 heavy (non-hydrogen) atoms. The van der Waals surface area contributed by atoms with E-state index in [1.165, 1.54) is 20.4 Å². The van der Waals surface area contributed by atoms with Crippen LogP contribution in [-0.2, 0) is 4.74 Å². The molecule has 0 saturated heterocycles. The first-order valence-corrected chi connectivity index (χ1v) is 7.98. The highest BCUT2D eigenvalue weighted by atomic mass is 32.1. The summed E-state index contributed by atoms with van der Waals surface area (Å²) in [5, 5.41) is 7.14. The van der Waals surface area contributed by atoms with Crippen LogP contribution in [-0.4, -0.2) is 40.9 Å². The Morgan fingerprint density at radius 3 is 2.64 bits per heavy atom. The van der Waals surface area contributed by atoms with Gasteiger partial charge in [-0.05, 0) is 12.1 Å². The summed E-state index contributed by atoms with van der Waals surface area (Å²) in [6, 6.07) is 9.34. The molecule has 0 aliphatic rings. The second kappa shape index (κ2) is 7.14. The van der Waals surface area contributed by atoms with Crippen LogP contribution in [0.15, 0.2) is 42.7 Å². The van der Waals surface area contributed by atoms with Crippen LogP contribution in [0, 0.1) is 0 Å². The van der Waals surface area contributed by atoms with E-state index in [1.807, 2.05) is 30.3 Å². The van der Waals surface area contributed by atoms with E-state index in [9.17, 15) is 9.59 Å². The number of aromatic nitrogens is 3. The van der Waals surface area contributed by atoms with Crippen molar-refractivity contribution in [3.05, 3.63) is 53.3 Å². The average molecular weight is 358 g/mol. The quantitative estimate of drug-likeness (QED) is 0.704. The van der Waals surface area contributed by atoms with E-state index < -0.39 is 11.9 Å². The summed E-state index contributed by atoms with van der Waals surface area (Å²) in [6.45, 7) is 0. The largest absolute Gasteiger partial charge is 0.493 e. The summed E-state index contributed by atoms with van der Waals surface area (Å²) in [5.74, 6) is -0.674. The third-order valence-electron chi connectivity index (χ3n) is 3.25. The van der Waals surface area contributed by atoms with Gasteiger partial charge in [0, 0.05) is 0 Å². The molecule has 9 heteroatoms. The molecular formula is C16H14N4O4S. The zero-order valence-electron chi connectivity index (χ0n) is 13.4. The predicted molar refractivity (Wildman–Crippen MR) is 91.5 cm³/mol. The Labute approximate surface area is 147 Å². The van der Waals surface area contributed by atoms with Gasteiger partial charge in [-0.3, -0.25) is 10.1 Å². The van der Waals surface area contributed by atoms with Gasteiger partial charge in [0.2, 0.25) is 0 Å². The van der Waals surface area contributed by atoms with Crippen molar-refractivity contribution in [1.82, 2.24) is 14.8 Å².